The number of likely N-dealkylation sites (N-methyl/N-ethyl adjacent to an activating group) is 1. The third-order valence-corrected chi connectivity index (χ3v) is 9.45. The molecule has 1 fully saturated rings. The number of piperazine rings is 1. The van der Waals surface area contributed by atoms with Crippen molar-refractivity contribution < 1.29 is 25.2 Å². The van der Waals surface area contributed by atoms with Crippen molar-refractivity contribution in [2.24, 2.45) is 0 Å². The molecule has 4 N–H and O–H groups in total. The lowest BCUT2D eigenvalue weighted by Crippen LogP contribution is -2.53. The molecule has 4 rings (SSSR count). The molecule has 5 unspecified atom stereocenters. The van der Waals surface area contributed by atoms with E-state index < -0.39 is 31.0 Å². The van der Waals surface area contributed by atoms with Crippen molar-refractivity contribution in [2.45, 2.75) is 36.7 Å². The van der Waals surface area contributed by atoms with Crippen LogP contribution in [0.2, 0.25) is 10.0 Å². The number of carbonyl (C=O) groups excluding carboxylic acids is 1. The maximum atomic E-state index is 13.1. The Morgan fingerprint density at radius 2 is 1.67 bits per heavy atom. The van der Waals surface area contributed by atoms with Gasteiger partial charge in [0.05, 0.1) is 22.7 Å². The van der Waals surface area contributed by atoms with Crippen LogP contribution in [-0.4, -0.2) is 112 Å². The van der Waals surface area contributed by atoms with E-state index in [1.54, 1.807) is 11.0 Å². The molecule has 228 valence electrons. The minimum absolute atomic E-state index is 0.0333. The standard InChI is InChI=1S/C31H39Cl2N3O5S/c1-34(31(41)21-5-3-2-4-6-21)18-23(22-7-8-25(32)26(33)17-22)9-11-35-12-14-36(15-13-35)28(24-10-16-42-20-24)30(40)29(39)27(38)19-37/h2-8,10,16-17,20,23,27-30,37-40H,9,11-15,18-19H2,1H3. The van der Waals surface area contributed by atoms with Crippen LogP contribution >= 0.6 is 34.5 Å². The first kappa shape index (κ1) is 32.9. The average Bonchev–Trinajstić information content (AvgIpc) is 3.55. The zero-order chi connectivity index (χ0) is 30.2. The van der Waals surface area contributed by atoms with Crippen LogP contribution in [0.5, 0.6) is 0 Å². The van der Waals surface area contributed by atoms with E-state index in [1.807, 2.05) is 66.3 Å². The van der Waals surface area contributed by atoms with Gasteiger partial charge in [-0.05, 0) is 65.2 Å². The van der Waals surface area contributed by atoms with Gasteiger partial charge < -0.3 is 30.2 Å². The van der Waals surface area contributed by atoms with Gasteiger partial charge >= 0.3 is 0 Å². The first-order chi connectivity index (χ1) is 20.2. The van der Waals surface area contributed by atoms with E-state index in [1.165, 1.54) is 11.3 Å². The Bertz CT molecular complexity index is 1260. The van der Waals surface area contributed by atoms with Crippen LogP contribution in [0, 0.1) is 0 Å². The van der Waals surface area contributed by atoms with E-state index >= 15 is 0 Å². The highest BCUT2D eigenvalue weighted by Crippen LogP contribution is 2.32. The molecule has 3 aromatic rings. The van der Waals surface area contributed by atoms with Crippen molar-refractivity contribution >= 4 is 40.4 Å². The van der Waals surface area contributed by atoms with Crippen molar-refractivity contribution in [2.75, 3.05) is 52.9 Å². The summed E-state index contributed by atoms with van der Waals surface area (Å²) in [5.74, 6) is -0.00763. The van der Waals surface area contributed by atoms with Crippen molar-refractivity contribution in [3.8, 4) is 0 Å². The van der Waals surface area contributed by atoms with Crippen molar-refractivity contribution in [3.05, 3.63) is 92.1 Å². The molecule has 42 heavy (non-hydrogen) atoms. The maximum Gasteiger partial charge on any atom is 0.253 e. The summed E-state index contributed by atoms with van der Waals surface area (Å²) in [5.41, 5.74) is 2.53. The van der Waals surface area contributed by atoms with Crippen molar-refractivity contribution in [1.82, 2.24) is 14.7 Å². The number of aliphatic hydroxyl groups is 4. The molecule has 11 heteroatoms. The minimum atomic E-state index is -1.47. The molecule has 1 amide bonds. The molecular formula is C31H39Cl2N3O5S. The number of carbonyl (C=O) groups is 1. The SMILES string of the molecule is CN(CC(CCN1CCN(C(c2ccsc2)C(O)C(O)C(O)CO)CC1)c1ccc(Cl)c(Cl)c1)C(=O)c1ccccc1. The summed E-state index contributed by atoms with van der Waals surface area (Å²) >= 11 is 14.1. The zero-order valence-electron chi connectivity index (χ0n) is 23.6. The first-order valence-electron chi connectivity index (χ1n) is 14.1. The summed E-state index contributed by atoms with van der Waals surface area (Å²) in [6, 6.07) is 16.3. The fraction of sp³-hybridized carbons (Fsp3) is 0.452. The second-order valence-electron chi connectivity index (χ2n) is 10.8. The zero-order valence-corrected chi connectivity index (χ0v) is 25.9. The third kappa shape index (κ3) is 8.31. The van der Waals surface area contributed by atoms with E-state index in [0.717, 1.165) is 37.2 Å². The van der Waals surface area contributed by atoms with Crippen LogP contribution in [-0.2, 0) is 0 Å². The highest BCUT2D eigenvalue weighted by molar-refractivity contribution is 7.08. The van der Waals surface area contributed by atoms with Gasteiger partial charge in [0.1, 0.15) is 18.3 Å². The predicted octanol–water partition coefficient (Wildman–Crippen LogP) is 3.73. The molecule has 2 heterocycles. The fourth-order valence-electron chi connectivity index (χ4n) is 5.54. The summed E-state index contributed by atoms with van der Waals surface area (Å²) in [6.07, 6.45) is -3.36. The van der Waals surface area contributed by atoms with Gasteiger partial charge in [-0.15, -0.1) is 0 Å². The number of rotatable bonds is 13. The highest BCUT2D eigenvalue weighted by Gasteiger charge is 2.37. The molecule has 1 aliphatic heterocycles. The summed E-state index contributed by atoms with van der Waals surface area (Å²) in [6.45, 7) is 3.49. The molecule has 0 spiro atoms. The van der Waals surface area contributed by atoms with Gasteiger partial charge in [0.25, 0.3) is 5.91 Å². The normalized spacial score (nSPS) is 18.3. The smallest absolute Gasteiger partial charge is 0.253 e. The Morgan fingerprint density at radius 3 is 2.29 bits per heavy atom. The number of aliphatic hydroxyl groups excluding tert-OH is 4. The molecule has 1 saturated heterocycles. The monoisotopic (exact) mass is 635 g/mol. The second kappa shape index (κ2) is 15.6. The summed E-state index contributed by atoms with van der Waals surface area (Å²) < 4.78 is 0. The van der Waals surface area contributed by atoms with Gasteiger partial charge in [0.15, 0.2) is 0 Å². The molecule has 0 aliphatic carbocycles. The Hall–Kier alpha value is -2.05. The number of thiophene rings is 1. The van der Waals surface area contributed by atoms with Crippen LogP contribution in [0.25, 0.3) is 0 Å². The Kier molecular flexibility index (Phi) is 12.2. The molecule has 8 nitrogen and oxygen atoms in total. The van der Waals surface area contributed by atoms with E-state index in [4.69, 9.17) is 23.2 Å². The second-order valence-corrected chi connectivity index (χ2v) is 12.4. The summed E-state index contributed by atoms with van der Waals surface area (Å²) in [7, 11) is 1.82. The third-order valence-electron chi connectivity index (χ3n) is 8.01. The first-order valence-corrected chi connectivity index (χ1v) is 15.8. The van der Waals surface area contributed by atoms with Gasteiger partial charge in [-0.3, -0.25) is 9.69 Å². The van der Waals surface area contributed by atoms with E-state index in [2.05, 4.69) is 9.80 Å². The number of hydrogen-bond acceptors (Lipinski definition) is 8. The van der Waals surface area contributed by atoms with Crippen LogP contribution in [0.4, 0.5) is 0 Å². The summed E-state index contributed by atoms with van der Waals surface area (Å²) in [4.78, 5) is 19.3. The van der Waals surface area contributed by atoms with Crippen LogP contribution in [0.1, 0.15) is 39.9 Å². The largest absolute Gasteiger partial charge is 0.394 e. The summed E-state index contributed by atoms with van der Waals surface area (Å²) in [5, 5.41) is 45.6. The Morgan fingerprint density at radius 1 is 0.952 bits per heavy atom. The van der Waals surface area contributed by atoms with E-state index in [0.29, 0.717) is 35.2 Å². The van der Waals surface area contributed by atoms with Crippen LogP contribution in [0.15, 0.2) is 65.4 Å². The molecule has 1 aromatic heterocycles. The van der Waals surface area contributed by atoms with Gasteiger partial charge in [0.2, 0.25) is 0 Å². The maximum absolute atomic E-state index is 13.1. The molecule has 1 aliphatic rings. The topological polar surface area (TPSA) is 108 Å². The average molecular weight is 637 g/mol. The fourth-order valence-corrected chi connectivity index (χ4v) is 6.53. The lowest BCUT2D eigenvalue weighted by atomic mass is 9.93. The predicted molar refractivity (Wildman–Crippen MR) is 167 cm³/mol. The molecule has 0 radical (unpaired) electrons. The molecule has 5 atom stereocenters. The van der Waals surface area contributed by atoms with Crippen molar-refractivity contribution in [3.63, 3.8) is 0 Å². The number of amides is 1. The number of benzene rings is 2. The van der Waals surface area contributed by atoms with Gasteiger partial charge in [-0.1, -0.05) is 47.5 Å². The quantitative estimate of drug-likeness (QED) is 0.227. The number of halogens is 2. The molecule has 0 saturated carbocycles. The Balaban J connectivity index is 1.41. The number of hydrogen-bond donors (Lipinski definition) is 4. The molecule has 0 bridgehead atoms. The molecule has 2 aromatic carbocycles. The minimum Gasteiger partial charge on any atom is -0.394 e. The number of nitrogens with zero attached hydrogens (tertiary/aromatic N) is 3. The van der Waals surface area contributed by atoms with Crippen LogP contribution in [0.3, 0.4) is 0 Å². The lowest BCUT2D eigenvalue weighted by Gasteiger charge is -2.42. The Labute approximate surface area is 261 Å². The molecular weight excluding hydrogens is 597 g/mol. The lowest BCUT2D eigenvalue weighted by molar-refractivity contribution is -0.108. The van der Waals surface area contributed by atoms with E-state index in [-0.39, 0.29) is 11.8 Å². The highest BCUT2D eigenvalue weighted by atomic mass is 35.5. The van der Waals surface area contributed by atoms with Gasteiger partial charge in [-0.25, -0.2) is 0 Å². The van der Waals surface area contributed by atoms with Crippen LogP contribution < -0.4 is 0 Å². The van der Waals surface area contributed by atoms with E-state index in [9.17, 15) is 25.2 Å². The van der Waals surface area contributed by atoms with Gasteiger partial charge in [-0.2, -0.15) is 11.3 Å². The van der Waals surface area contributed by atoms with Crippen molar-refractivity contribution in [1.29, 1.82) is 0 Å². The van der Waals surface area contributed by atoms with Gasteiger partial charge in [0, 0.05) is 51.3 Å².